The molecule has 10 heteroatoms. The van der Waals surface area contributed by atoms with Crippen LogP contribution in [0.4, 0.5) is 0 Å². The van der Waals surface area contributed by atoms with Crippen LogP contribution in [0.5, 0.6) is 0 Å². The number of nitrogens with zero attached hydrogens (tertiary/aromatic N) is 2. The number of fused-ring (bicyclic) bond motifs is 1. The van der Waals surface area contributed by atoms with Crippen LogP contribution in [-0.4, -0.2) is 93.7 Å². The number of esters is 1. The predicted molar refractivity (Wildman–Crippen MR) is 165 cm³/mol. The van der Waals surface area contributed by atoms with E-state index in [9.17, 15) is 24.3 Å². The summed E-state index contributed by atoms with van der Waals surface area (Å²) in [6.45, 7) is 14.9. The Labute approximate surface area is 260 Å². The summed E-state index contributed by atoms with van der Waals surface area (Å²) in [6, 6.07) is 7.74. The van der Waals surface area contributed by atoms with Crippen molar-refractivity contribution in [2.24, 2.45) is 11.8 Å². The lowest BCUT2D eigenvalue weighted by molar-refractivity contribution is -0.160. The highest BCUT2D eigenvalue weighted by Crippen LogP contribution is 2.59. The monoisotopic (exact) mass is 609 g/mol. The summed E-state index contributed by atoms with van der Waals surface area (Å²) < 4.78 is 12.3. The molecule has 1 aromatic carbocycles. The Hall–Kier alpha value is -3.50. The van der Waals surface area contributed by atoms with E-state index in [1.807, 2.05) is 51.1 Å². The third-order valence-corrected chi connectivity index (χ3v) is 9.03. The highest BCUT2D eigenvalue weighted by atomic mass is 16.6. The Balaban J connectivity index is 1.66. The predicted octanol–water partition coefficient (Wildman–Crippen LogP) is 2.79. The van der Waals surface area contributed by atoms with Crippen LogP contribution in [0.2, 0.25) is 0 Å². The molecule has 3 saturated heterocycles. The van der Waals surface area contributed by atoms with Gasteiger partial charge in [-0.25, -0.2) is 0 Å². The number of amides is 3. The van der Waals surface area contributed by atoms with E-state index in [4.69, 9.17) is 9.47 Å². The molecule has 3 fully saturated rings. The van der Waals surface area contributed by atoms with Gasteiger partial charge < -0.3 is 29.7 Å². The average molecular weight is 610 g/mol. The number of rotatable bonds is 14. The molecule has 0 radical (unpaired) electrons. The molecule has 0 aromatic heterocycles. The summed E-state index contributed by atoms with van der Waals surface area (Å²) >= 11 is 0. The van der Waals surface area contributed by atoms with E-state index in [-0.39, 0.29) is 37.4 Å². The molecule has 3 aliphatic heterocycles. The molecular weight excluding hydrogens is 562 g/mol. The van der Waals surface area contributed by atoms with Crippen molar-refractivity contribution in [2.45, 2.75) is 95.2 Å². The van der Waals surface area contributed by atoms with E-state index in [2.05, 4.69) is 18.5 Å². The first-order chi connectivity index (χ1) is 20.9. The highest BCUT2D eigenvalue weighted by Gasteiger charge is 2.75. The molecular formula is C34H47N3O7. The fourth-order valence-electron chi connectivity index (χ4n) is 7.04. The van der Waals surface area contributed by atoms with Crippen molar-refractivity contribution in [1.82, 2.24) is 15.1 Å². The number of ether oxygens (including phenoxy) is 2. The lowest BCUT2D eigenvalue weighted by Crippen LogP contribution is -2.61. The number of likely N-dealkylation sites (tertiary alicyclic amines) is 1. The number of carbonyl (C=O) groups is 4. The van der Waals surface area contributed by atoms with Gasteiger partial charge in [0.1, 0.15) is 17.7 Å². The van der Waals surface area contributed by atoms with E-state index in [1.54, 1.807) is 24.0 Å². The molecule has 0 unspecified atom stereocenters. The first-order valence-electron chi connectivity index (χ1n) is 15.5. The SMILES string of the molecule is C=CCCC(=O)NC[C@@H](C)OC(=O)[C@@H]1[C@@H]2CC[C@]3(O2)[C@H](C(=O)N(CC=C)C(C)(C)C)N([C@@H](CO)Cc2ccccc2)C(=O)[C@@H]13. The third-order valence-electron chi connectivity index (χ3n) is 9.03. The van der Waals surface area contributed by atoms with Crippen LogP contribution < -0.4 is 5.32 Å². The molecule has 44 heavy (non-hydrogen) atoms. The van der Waals surface area contributed by atoms with E-state index >= 15 is 0 Å². The van der Waals surface area contributed by atoms with Crippen molar-refractivity contribution in [3.63, 3.8) is 0 Å². The van der Waals surface area contributed by atoms with Crippen molar-refractivity contribution in [3.05, 3.63) is 61.2 Å². The summed E-state index contributed by atoms with van der Waals surface area (Å²) in [5, 5.41) is 13.4. The Morgan fingerprint density at radius 2 is 1.93 bits per heavy atom. The maximum atomic E-state index is 14.6. The topological polar surface area (TPSA) is 125 Å². The van der Waals surface area contributed by atoms with Crippen molar-refractivity contribution >= 4 is 23.7 Å². The van der Waals surface area contributed by atoms with Crippen LogP contribution >= 0.6 is 0 Å². The Morgan fingerprint density at radius 1 is 1.23 bits per heavy atom. The summed E-state index contributed by atoms with van der Waals surface area (Å²) in [7, 11) is 0. The number of carbonyl (C=O) groups excluding carboxylic acids is 4. The lowest BCUT2D eigenvalue weighted by atomic mass is 9.70. The van der Waals surface area contributed by atoms with Crippen molar-refractivity contribution < 1.29 is 33.8 Å². The number of aliphatic hydroxyl groups is 1. The molecule has 3 aliphatic rings. The molecule has 1 aromatic rings. The van der Waals surface area contributed by atoms with Gasteiger partial charge in [-0.3, -0.25) is 19.2 Å². The van der Waals surface area contributed by atoms with E-state index in [1.165, 1.54) is 4.90 Å². The van der Waals surface area contributed by atoms with Gasteiger partial charge in [0.2, 0.25) is 17.7 Å². The van der Waals surface area contributed by atoms with Crippen molar-refractivity contribution in [1.29, 1.82) is 0 Å². The van der Waals surface area contributed by atoms with Crippen LogP contribution in [0.3, 0.4) is 0 Å². The zero-order valence-corrected chi connectivity index (χ0v) is 26.4. The van der Waals surface area contributed by atoms with Crippen LogP contribution in [0.15, 0.2) is 55.6 Å². The van der Waals surface area contributed by atoms with E-state index < -0.39 is 53.2 Å². The number of benzene rings is 1. The highest BCUT2D eigenvalue weighted by molar-refractivity contribution is 5.98. The summed E-state index contributed by atoms with van der Waals surface area (Å²) in [5.41, 5.74) is -0.924. The zero-order chi connectivity index (χ0) is 32.2. The summed E-state index contributed by atoms with van der Waals surface area (Å²) in [5.74, 6) is -3.29. The molecule has 3 amide bonds. The number of allylic oxidation sites excluding steroid dienone is 1. The molecule has 3 heterocycles. The minimum atomic E-state index is -1.24. The van der Waals surface area contributed by atoms with Crippen LogP contribution in [-0.2, 0) is 35.1 Å². The minimum absolute atomic E-state index is 0.128. The van der Waals surface area contributed by atoms with Gasteiger partial charge in [-0.15, -0.1) is 13.2 Å². The van der Waals surface area contributed by atoms with Gasteiger partial charge in [0.25, 0.3) is 0 Å². The first-order valence-corrected chi connectivity index (χ1v) is 15.5. The van der Waals surface area contributed by atoms with Gasteiger partial charge in [0.15, 0.2) is 0 Å². The normalized spacial score (nSPS) is 26.9. The molecule has 0 saturated carbocycles. The minimum Gasteiger partial charge on any atom is -0.460 e. The van der Waals surface area contributed by atoms with Gasteiger partial charge in [-0.1, -0.05) is 42.5 Å². The quantitative estimate of drug-likeness (QED) is 0.246. The molecule has 1 spiro atoms. The second kappa shape index (κ2) is 13.6. The van der Waals surface area contributed by atoms with Gasteiger partial charge in [0.05, 0.1) is 37.1 Å². The van der Waals surface area contributed by atoms with E-state index in [0.29, 0.717) is 32.1 Å². The molecule has 10 nitrogen and oxygen atoms in total. The van der Waals surface area contributed by atoms with Gasteiger partial charge >= 0.3 is 5.97 Å². The van der Waals surface area contributed by atoms with Crippen molar-refractivity contribution in [2.75, 3.05) is 19.7 Å². The molecule has 0 aliphatic carbocycles. The maximum absolute atomic E-state index is 14.6. The first kappa shape index (κ1) is 33.4. The van der Waals surface area contributed by atoms with Crippen molar-refractivity contribution in [3.8, 4) is 0 Å². The fraction of sp³-hybridized carbons (Fsp3) is 0.588. The second-order valence-electron chi connectivity index (χ2n) is 13.1. The smallest absolute Gasteiger partial charge is 0.312 e. The molecule has 240 valence electrons. The Morgan fingerprint density at radius 3 is 2.55 bits per heavy atom. The van der Waals surface area contributed by atoms with E-state index in [0.717, 1.165) is 5.56 Å². The lowest BCUT2D eigenvalue weighted by Gasteiger charge is -2.43. The van der Waals surface area contributed by atoms with Crippen LogP contribution in [0.25, 0.3) is 0 Å². The standard InChI is InChI=1S/C34H47N3O7/c1-7-9-15-26(39)35-20-22(3)43-32(42)27-25-16-17-34(44-25)28(27)30(40)37(24(21-38)19-23-13-11-10-12-14-23)29(34)31(41)36(18-8-2)33(4,5)6/h7-8,10-14,22,24-25,27-29,38H,1-2,9,15-21H2,3-6H3,(H,35,39)/t22-,24-,25+,27-,28-,29+,34-/m1/s1. The number of aliphatic hydroxyl groups excluding tert-OH is 1. The molecule has 4 rings (SSSR count). The fourth-order valence-corrected chi connectivity index (χ4v) is 7.04. The summed E-state index contributed by atoms with van der Waals surface area (Å²) in [6.07, 6.45) is 4.18. The van der Waals surface area contributed by atoms with Gasteiger partial charge in [-0.2, -0.15) is 0 Å². The largest absolute Gasteiger partial charge is 0.460 e. The average Bonchev–Trinajstić information content (AvgIpc) is 3.63. The number of hydrogen-bond donors (Lipinski definition) is 2. The Bertz CT molecular complexity index is 1250. The number of hydrogen-bond acceptors (Lipinski definition) is 7. The zero-order valence-electron chi connectivity index (χ0n) is 26.4. The van der Waals surface area contributed by atoms with Crippen LogP contribution in [0, 0.1) is 11.8 Å². The summed E-state index contributed by atoms with van der Waals surface area (Å²) in [4.78, 5) is 58.0. The Kier molecular flexibility index (Phi) is 10.4. The molecule has 7 atom stereocenters. The number of nitrogens with one attached hydrogen (secondary N) is 1. The van der Waals surface area contributed by atoms with Crippen LogP contribution in [0.1, 0.15) is 58.9 Å². The maximum Gasteiger partial charge on any atom is 0.312 e. The molecule has 2 N–H and O–H groups in total. The van der Waals surface area contributed by atoms with Gasteiger partial charge in [-0.05, 0) is 58.9 Å². The molecule has 2 bridgehead atoms. The van der Waals surface area contributed by atoms with Gasteiger partial charge in [0, 0.05) is 18.5 Å². The third kappa shape index (κ3) is 6.47. The second-order valence-corrected chi connectivity index (χ2v) is 13.1.